The zero-order valence-electron chi connectivity index (χ0n) is 11.8. The first-order valence-corrected chi connectivity index (χ1v) is 7.69. The monoisotopic (exact) mass is 300 g/mol. The smallest absolute Gasteiger partial charge is 0.304 e. The number of nitrogens with zero attached hydrogens (tertiary/aromatic N) is 1. The van der Waals surface area contributed by atoms with E-state index in [1.54, 1.807) is 6.92 Å². The number of carbonyl (C=O) groups is 1. The maximum atomic E-state index is 12.1. The van der Waals surface area contributed by atoms with Gasteiger partial charge >= 0.3 is 5.97 Å². The number of aryl methyl sites for hydroxylation is 1. The fourth-order valence-corrected chi connectivity index (χ4v) is 2.91. The summed E-state index contributed by atoms with van der Waals surface area (Å²) >= 11 is 0. The fraction of sp³-hybridized carbons (Fsp3) is 0.462. The van der Waals surface area contributed by atoms with Gasteiger partial charge in [0.05, 0.1) is 6.42 Å². The zero-order chi connectivity index (χ0) is 15.3. The van der Waals surface area contributed by atoms with Crippen molar-refractivity contribution in [2.75, 3.05) is 13.6 Å². The van der Waals surface area contributed by atoms with Crippen molar-refractivity contribution in [1.29, 1.82) is 0 Å². The lowest BCUT2D eigenvalue weighted by Gasteiger charge is -2.21. The first kappa shape index (κ1) is 16.6. The Morgan fingerprint density at radius 1 is 1.40 bits per heavy atom. The van der Waals surface area contributed by atoms with Crippen LogP contribution in [0.25, 0.3) is 0 Å². The summed E-state index contributed by atoms with van der Waals surface area (Å²) in [6.07, 6.45) is -0.226. The summed E-state index contributed by atoms with van der Waals surface area (Å²) < 4.78 is 27.7. The van der Waals surface area contributed by atoms with Gasteiger partial charge in [0.25, 0.3) is 10.2 Å². The van der Waals surface area contributed by atoms with Gasteiger partial charge in [-0.3, -0.25) is 4.79 Å². The van der Waals surface area contributed by atoms with Gasteiger partial charge in [-0.2, -0.15) is 17.4 Å². The van der Waals surface area contributed by atoms with Crippen LogP contribution in [0.5, 0.6) is 0 Å². The van der Waals surface area contributed by atoms with Gasteiger partial charge in [-0.1, -0.05) is 24.3 Å². The van der Waals surface area contributed by atoms with E-state index in [1.165, 1.54) is 7.05 Å². The Bertz CT molecular complexity index is 571. The molecule has 112 valence electrons. The van der Waals surface area contributed by atoms with Crippen LogP contribution in [0.1, 0.15) is 30.5 Å². The maximum Gasteiger partial charge on any atom is 0.304 e. The molecule has 0 aromatic heterocycles. The molecule has 20 heavy (non-hydrogen) atoms. The molecule has 1 aromatic rings. The summed E-state index contributed by atoms with van der Waals surface area (Å²) in [4.78, 5) is 10.5. The van der Waals surface area contributed by atoms with E-state index in [4.69, 9.17) is 5.11 Å². The van der Waals surface area contributed by atoms with Crippen molar-refractivity contribution in [2.24, 2.45) is 0 Å². The predicted molar refractivity (Wildman–Crippen MR) is 76.5 cm³/mol. The van der Waals surface area contributed by atoms with E-state index in [2.05, 4.69) is 4.72 Å². The lowest BCUT2D eigenvalue weighted by Crippen LogP contribution is -2.40. The second-order valence-corrected chi connectivity index (χ2v) is 6.48. The number of carboxylic acids is 1. The third kappa shape index (κ3) is 4.59. The topological polar surface area (TPSA) is 86.7 Å². The van der Waals surface area contributed by atoms with E-state index in [1.807, 2.05) is 31.2 Å². The van der Waals surface area contributed by atoms with Crippen molar-refractivity contribution in [1.82, 2.24) is 9.03 Å². The molecule has 0 heterocycles. The van der Waals surface area contributed by atoms with E-state index in [0.29, 0.717) is 0 Å². The van der Waals surface area contributed by atoms with Crippen LogP contribution in [0.4, 0.5) is 0 Å². The van der Waals surface area contributed by atoms with Crippen LogP contribution in [0.3, 0.4) is 0 Å². The second kappa shape index (κ2) is 6.83. The molecule has 0 aliphatic heterocycles. The van der Waals surface area contributed by atoms with Gasteiger partial charge in [0, 0.05) is 19.6 Å². The van der Waals surface area contributed by atoms with Crippen LogP contribution in [0.2, 0.25) is 0 Å². The molecule has 0 fully saturated rings. The Kier molecular flexibility index (Phi) is 5.67. The van der Waals surface area contributed by atoms with Crippen molar-refractivity contribution in [3.05, 3.63) is 35.4 Å². The standard InChI is InChI=1S/C13H20N2O4S/c1-10-6-4-5-7-12(10)11(2)14-20(18,19)15(3)9-8-13(16)17/h4-7,11,14H,8-9H2,1-3H3,(H,16,17). The predicted octanol–water partition coefficient (Wildman–Crippen LogP) is 1.30. The van der Waals surface area contributed by atoms with Gasteiger partial charge < -0.3 is 5.11 Å². The van der Waals surface area contributed by atoms with Crippen LogP contribution in [0.15, 0.2) is 24.3 Å². The molecule has 0 saturated carbocycles. The molecule has 1 unspecified atom stereocenters. The summed E-state index contributed by atoms with van der Waals surface area (Å²) in [6, 6.07) is 7.13. The normalized spacial score (nSPS) is 13.4. The van der Waals surface area contributed by atoms with Crippen molar-refractivity contribution in [2.45, 2.75) is 26.3 Å². The number of benzene rings is 1. The number of rotatable bonds is 7. The maximum absolute atomic E-state index is 12.1. The van der Waals surface area contributed by atoms with E-state index in [9.17, 15) is 13.2 Å². The highest BCUT2D eigenvalue weighted by atomic mass is 32.2. The molecule has 6 nitrogen and oxygen atoms in total. The highest BCUT2D eigenvalue weighted by Crippen LogP contribution is 2.18. The van der Waals surface area contributed by atoms with Gasteiger partial charge in [-0.25, -0.2) is 0 Å². The Morgan fingerprint density at radius 2 is 2.00 bits per heavy atom. The summed E-state index contributed by atoms with van der Waals surface area (Å²) in [5, 5.41) is 8.58. The van der Waals surface area contributed by atoms with Gasteiger partial charge in [0.1, 0.15) is 0 Å². The van der Waals surface area contributed by atoms with Gasteiger partial charge in [-0.05, 0) is 25.0 Å². The minimum atomic E-state index is -3.70. The fourth-order valence-electron chi connectivity index (χ4n) is 1.82. The highest BCUT2D eigenvalue weighted by Gasteiger charge is 2.22. The van der Waals surface area contributed by atoms with Crippen molar-refractivity contribution < 1.29 is 18.3 Å². The molecule has 0 saturated heterocycles. The Morgan fingerprint density at radius 3 is 2.55 bits per heavy atom. The third-order valence-electron chi connectivity index (χ3n) is 3.03. The minimum absolute atomic E-state index is 0.0643. The summed E-state index contributed by atoms with van der Waals surface area (Å²) in [5.41, 5.74) is 1.89. The minimum Gasteiger partial charge on any atom is -0.481 e. The molecule has 0 aliphatic rings. The average Bonchev–Trinajstić information content (AvgIpc) is 2.35. The molecule has 0 bridgehead atoms. The van der Waals surface area contributed by atoms with Crippen LogP contribution in [-0.4, -0.2) is 37.4 Å². The summed E-state index contributed by atoms with van der Waals surface area (Å²) in [7, 11) is -2.34. The van der Waals surface area contributed by atoms with E-state index in [0.717, 1.165) is 15.4 Å². The molecule has 0 amide bonds. The molecule has 1 atom stereocenters. The van der Waals surface area contributed by atoms with Crippen molar-refractivity contribution >= 4 is 16.2 Å². The van der Waals surface area contributed by atoms with Crippen LogP contribution in [0, 0.1) is 6.92 Å². The molecular formula is C13H20N2O4S. The molecule has 0 spiro atoms. The molecule has 1 rings (SSSR count). The quantitative estimate of drug-likeness (QED) is 0.794. The zero-order valence-corrected chi connectivity index (χ0v) is 12.6. The number of hydrogen-bond acceptors (Lipinski definition) is 3. The van der Waals surface area contributed by atoms with Crippen molar-refractivity contribution in [3.63, 3.8) is 0 Å². The van der Waals surface area contributed by atoms with Gasteiger partial charge in [-0.15, -0.1) is 0 Å². The Hall–Kier alpha value is -1.44. The second-order valence-electron chi connectivity index (χ2n) is 4.67. The summed E-state index contributed by atoms with van der Waals surface area (Å²) in [5.74, 6) is -1.03. The first-order valence-electron chi connectivity index (χ1n) is 6.25. The van der Waals surface area contributed by atoms with Crippen LogP contribution >= 0.6 is 0 Å². The highest BCUT2D eigenvalue weighted by molar-refractivity contribution is 7.87. The van der Waals surface area contributed by atoms with Gasteiger partial charge in [0.2, 0.25) is 0 Å². The van der Waals surface area contributed by atoms with Crippen molar-refractivity contribution in [3.8, 4) is 0 Å². The lowest BCUT2D eigenvalue weighted by molar-refractivity contribution is -0.137. The number of aliphatic carboxylic acids is 1. The van der Waals surface area contributed by atoms with Crippen LogP contribution in [-0.2, 0) is 15.0 Å². The molecule has 0 radical (unpaired) electrons. The molecule has 1 aromatic carbocycles. The number of hydrogen-bond donors (Lipinski definition) is 2. The Labute approximate surface area is 119 Å². The first-order chi connectivity index (χ1) is 9.24. The van der Waals surface area contributed by atoms with Crippen LogP contribution < -0.4 is 4.72 Å². The molecule has 2 N–H and O–H groups in total. The number of nitrogens with one attached hydrogen (secondary N) is 1. The molecular weight excluding hydrogens is 280 g/mol. The SMILES string of the molecule is Cc1ccccc1C(C)NS(=O)(=O)N(C)CCC(=O)O. The summed E-state index contributed by atoms with van der Waals surface area (Å²) in [6.45, 7) is 3.60. The van der Waals surface area contributed by atoms with E-state index >= 15 is 0 Å². The number of carboxylic acid groups (broad SMARTS) is 1. The van der Waals surface area contributed by atoms with E-state index in [-0.39, 0.29) is 19.0 Å². The average molecular weight is 300 g/mol. The lowest BCUT2D eigenvalue weighted by atomic mass is 10.0. The molecule has 7 heteroatoms. The van der Waals surface area contributed by atoms with E-state index < -0.39 is 16.2 Å². The molecule has 0 aliphatic carbocycles. The Balaban J connectivity index is 2.75. The van der Waals surface area contributed by atoms with Gasteiger partial charge in [0.15, 0.2) is 0 Å². The third-order valence-corrected chi connectivity index (χ3v) is 4.69. The largest absolute Gasteiger partial charge is 0.481 e.